The average molecular weight is 302 g/mol. The van der Waals surface area contributed by atoms with Gasteiger partial charge in [0.25, 0.3) is 0 Å². The van der Waals surface area contributed by atoms with Gasteiger partial charge in [-0.1, -0.05) is 24.3 Å². The first kappa shape index (κ1) is 13.3. The maximum absolute atomic E-state index is 12.1. The first-order chi connectivity index (χ1) is 11.2. The third-order valence-electron chi connectivity index (χ3n) is 3.83. The van der Waals surface area contributed by atoms with E-state index in [4.69, 9.17) is 5.73 Å². The third kappa shape index (κ3) is 2.19. The van der Waals surface area contributed by atoms with Crippen molar-refractivity contribution in [1.82, 2.24) is 9.66 Å². The zero-order valence-electron chi connectivity index (χ0n) is 12.3. The van der Waals surface area contributed by atoms with E-state index in [0.717, 1.165) is 21.8 Å². The van der Waals surface area contributed by atoms with Crippen molar-refractivity contribution in [2.45, 2.75) is 0 Å². The molecule has 0 aliphatic heterocycles. The lowest BCUT2D eigenvalue weighted by Gasteiger charge is -2.23. The number of rotatable bonds is 2. The van der Waals surface area contributed by atoms with Gasteiger partial charge in [0.15, 0.2) is 0 Å². The molecule has 0 radical (unpaired) electrons. The molecule has 2 N–H and O–H groups in total. The maximum atomic E-state index is 12.1. The molecule has 0 spiro atoms. The topological polar surface area (TPSA) is 64.2 Å². The highest BCUT2D eigenvalue weighted by atomic mass is 16.2. The summed E-state index contributed by atoms with van der Waals surface area (Å²) in [6.45, 7) is 0. The van der Waals surface area contributed by atoms with Crippen LogP contribution in [0, 0.1) is 0 Å². The Hall–Kier alpha value is -3.34. The number of nitrogens with zero attached hydrogens (tertiary/aromatic N) is 3. The molecule has 5 nitrogen and oxygen atoms in total. The van der Waals surface area contributed by atoms with Gasteiger partial charge in [0.1, 0.15) is 0 Å². The van der Waals surface area contributed by atoms with Crippen LogP contribution in [-0.4, -0.2) is 15.7 Å². The largest absolute Gasteiger partial charge is 0.350 e. The second-order valence-corrected chi connectivity index (χ2v) is 5.25. The Morgan fingerprint density at radius 1 is 1.00 bits per heavy atom. The molecule has 0 unspecified atom stereocenters. The molecule has 0 atom stereocenters. The Bertz CT molecular complexity index is 1020. The summed E-state index contributed by atoms with van der Waals surface area (Å²) in [5.41, 5.74) is 8.13. The van der Waals surface area contributed by atoms with Crippen molar-refractivity contribution in [3.8, 4) is 0 Å². The maximum Gasteiger partial charge on any atom is 0.338 e. The number of anilines is 1. The molecule has 2 heterocycles. The third-order valence-corrected chi connectivity index (χ3v) is 3.83. The van der Waals surface area contributed by atoms with Crippen LogP contribution in [0.25, 0.3) is 21.8 Å². The number of fused-ring (bicyclic) bond motifs is 2. The fraction of sp³-hybridized carbons (Fsp3) is 0. The summed E-state index contributed by atoms with van der Waals surface area (Å²) >= 11 is 0. The molecule has 112 valence electrons. The van der Waals surface area contributed by atoms with E-state index in [2.05, 4.69) is 4.98 Å². The normalized spacial score (nSPS) is 11.0. The highest BCUT2D eigenvalue weighted by Crippen LogP contribution is 2.24. The van der Waals surface area contributed by atoms with Gasteiger partial charge >= 0.3 is 6.03 Å². The summed E-state index contributed by atoms with van der Waals surface area (Å²) in [6.07, 6.45) is 3.58. The predicted molar refractivity (Wildman–Crippen MR) is 91.1 cm³/mol. The van der Waals surface area contributed by atoms with Gasteiger partial charge in [-0.2, -0.15) is 5.01 Å². The minimum atomic E-state index is -0.547. The van der Waals surface area contributed by atoms with Crippen molar-refractivity contribution in [1.29, 1.82) is 0 Å². The lowest BCUT2D eigenvalue weighted by atomic mass is 10.2. The summed E-state index contributed by atoms with van der Waals surface area (Å²) in [5.74, 6) is 0. The van der Waals surface area contributed by atoms with E-state index < -0.39 is 6.03 Å². The summed E-state index contributed by atoms with van der Waals surface area (Å²) in [6, 6.07) is 18.7. The Balaban J connectivity index is 1.91. The van der Waals surface area contributed by atoms with Crippen LogP contribution in [0.1, 0.15) is 0 Å². The van der Waals surface area contributed by atoms with Crippen LogP contribution in [0.3, 0.4) is 0 Å². The molecule has 0 saturated heterocycles. The predicted octanol–water partition coefficient (Wildman–Crippen LogP) is 3.54. The van der Waals surface area contributed by atoms with Crippen LogP contribution in [0.2, 0.25) is 0 Å². The van der Waals surface area contributed by atoms with Gasteiger partial charge in [-0.25, -0.2) is 4.79 Å². The molecule has 0 saturated carbocycles. The Morgan fingerprint density at radius 2 is 1.83 bits per heavy atom. The Morgan fingerprint density at radius 3 is 2.70 bits per heavy atom. The quantitative estimate of drug-likeness (QED) is 0.615. The molecule has 23 heavy (non-hydrogen) atoms. The highest BCUT2D eigenvalue weighted by molar-refractivity contribution is 5.95. The molecule has 0 aliphatic rings. The molecule has 4 rings (SSSR count). The van der Waals surface area contributed by atoms with E-state index in [9.17, 15) is 4.79 Å². The number of benzene rings is 2. The van der Waals surface area contributed by atoms with Gasteiger partial charge in [0.2, 0.25) is 0 Å². The molecule has 2 aromatic heterocycles. The highest BCUT2D eigenvalue weighted by Gasteiger charge is 2.17. The number of urea groups is 1. The van der Waals surface area contributed by atoms with Crippen molar-refractivity contribution in [3.63, 3.8) is 0 Å². The number of carbonyl (C=O) groups excluding carboxylic acids is 1. The molecule has 4 aromatic rings. The van der Waals surface area contributed by atoms with Gasteiger partial charge in [0.05, 0.1) is 16.7 Å². The second-order valence-electron chi connectivity index (χ2n) is 5.25. The molecule has 2 amide bonds. The summed E-state index contributed by atoms with van der Waals surface area (Å²) in [7, 11) is 0. The number of para-hydroxylation sites is 1. The molecule has 0 aliphatic carbocycles. The lowest BCUT2D eigenvalue weighted by molar-refractivity contribution is 0.252. The van der Waals surface area contributed by atoms with Crippen LogP contribution in [-0.2, 0) is 0 Å². The molecule has 5 heteroatoms. The number of hydrogen-bond donors (Lipinski definition) is 1. The number of nitrogens with two attached hydrogens (primary N) is 1. The van der Waals surface area contributed by atoms with Gasteiger partial charge in [-0.3, -0.25) is 9.66 Å². The van der Waals surface area contributed by atoms with Crippen molar-refractivity contribution >= 4 is 33.5 Å². The first-order valence-electron chi connectivity index (χ1n) is 7.25. The Labute approximate surface area is 132 Å². The Kier molecular flexibility index (Phi) is 2.98. The fourth-order valence-electron chi connectivity index (χ4n) is 2.80. The minimum absolute atomic E-state index is 0.547. The number of carbonyl (C=O) groups is 1. The van der Waals surface area contributed by atoms with Crippen molar-refractivity contribution in [3.05, 3.63) is 73.1 Å². The van der Waals surface area contributed by atoms with Crippen molar-refractivity contribution in [2.75, 3.05) is 5.01 Å². The smallest absolute Gasteiger partial charge is 0.338 e. The number of pyridine rings is 1. The van der Waals surface area contributed by atoms with Gasteiger partial charge in [-0.05, 0) is 36.4 Å². The van der Waals surface area contributed by atoms with E-state index in [0.29, 0.717) is 5.69 Å². The monoisotopic (exact) mass is 302 g/mol. The summed E-state index contributed by atoms with van der Waals surface area (Å²) in [5, 5.41) is 3.45. The minimum Gasteiger partial charge on any atom is -0.350 e. The van der Waals surface area contributed by atoms with Crippen molar-refractivity contribution in [2.24, 2.45) is 5.73 Å². The first-order valence-corrected chi connectivity index (χ1v) is 7.25. The van der Waals surface area contributed by atoms with Gasteiger partial charge in [0, 0.05) is 23.2 Å². The van der Waals surface area contributed by atoms with Crippen LogP contribution >= 0.6 is 0 Å². The van der Waals surface area contributed by atoms with Crippen LogP contribution in [0.5, 0.6) is 0 Å². The average Bonchev–Trinajstić information content (AvgIpc) is 2.99. The number of aromatic nitrogens is 2. The van der Waals surface area contributed by atoms with E-state index in [1.807, 2.05) is 66.9 Å². The van der Waals surface area contributed by atoms with Crippen LogP contribution in [0.15, 0.2) is 73.1 Å². The fourth-order valence-corrected chi connectivity index (χ4v) is 2.80. The molecular weight excluding hydrogens is 288 g/mol. The van der Waals surface area contributed by atoms with E-state index in [1.54, 1.807) is 10.9 Å². The van der Waals surface area contributed by atoms with E-state index >= 15 is 0 Å². The summed E-state index contributed by atoms with van der Waals surface area (Å²) in [4.78, 5) is 16.4. The zero-order valence-corrected chi connectivity index (χ0v) is 12.3. The van der Waals surface area contributed by atoms with E-state index in [1.165, 1.54) is 5.01 Å². The standard InChI is InChI=1S/C18H14N4O/c19-18(23)22(21-11-9-13-4-1-2-6-17(13)21)15-7-8-16-14(12-15)5-3-10-20-16/h1-12H,(H2,19,23). The molecular formula is C18H14N4O. The molecule has 0 fully saturated rings. The zero-order chi connectivity index (χ0) is 15.8. The van der Waals surface area contributed by atoms with Crippen LogP contribution < -0.4 is 10.7 Å². The molecule has 0 bridgehead atoms. The second kappa shape index (κ2) is 5.14. The van der Waals surface area contributed by atoms with Crippen molar-refractivity contribution < 1.29 is 4.79 Å². The van der Waals surface area contributed by atoms with Gasteiger partial charge in [-0.15, -0.1) is 0 Å². The van der Waals surface area contributed by atoms with E-state index in [-0.39, 0.29) is 0 Å². The van der Waals surface area contributed by atoms with Gasteiger partial charge < -0.3 is 5.73 Å². The molecule has 2 aromatic carbocycles. The number of amides is 2. The number of primary amides is 1. The van der Waals surface area contributed by atoms with Crippen LogP contribution in [0.4, 0.5) is 10.5 Å². The number of hydrogen-bond acceptors (Lipinski definition) is 2. The summed E-state index contributed by atoms with van der Waals surface area (Å²) < 4.78 is 1.76. The lowest BCUT2D eigenvalue weighted by Crippen LogP contribution is -2.39. The SMILES string of the molecule is NC(=O)N(c1ccc2ncccc2c1)n1ccc2ccccc21.